The summed E-state index contributed by atoms with van der Waals surface area (Å²) in [6.07, 6.45) is 13.9. The molecule has 0 saturated carbocycles. The summed E-state index contributed by atoms with van der Waals surface area (Å²) in [6.45, 7) is 14.1. The molecule has 0 rings (SSSR count). The van der Waals surface area contributed by atoms with Crippen LogP contribution in [-0.4, -0.2) is 171 Å². The molecule has 0 saturated heterocycles. The summed E-state index contributed by atoms with van der Waals surface area (Å²) in [5.41, 5.74) is 0. The van der Waals surface area contributed by atoms with Gasteiger partial charge in [0.1, 0.15) is 13.2 Å². The third-order valence-corrected chi connectivity index (χ3v) is 6.75. The Morgan fingerprint density at radius 3 is 0.922 bits per heavy atom. The van der Waals surface area contributed by atoms with E-state index in [1.54, 1.807) is 0 Å². The quantitative estimate of drug-likeness (QED) is 0.0512. The van der Waals surface area contributed by atoms with Gasteiger partial charge in [-0.15, -0.1) is 6.42 Å². The SMILES string of the molecule is C#CCOCCOCCOCCOCCOCCOCCOCCOCCOCCOCCOCCOCCOC(=O)CCCCCCCCC. The number of carbonyl (C=O) groups excluding carboxylic acids is 1. The topological polar surface area (TPSA) is 137 Å². The summed E-state index contributed by atoms with van der Waals surface area (Å²) >= 11 is 0. The van der Waals surface area contributed by atoms with E-state index in [2.05, 4.69) is 12.8 Å². The monoisotopic (exact) mass is 738 g/mol. The fourth-order valence-electron chi connectivity index (χ4n) is 4.06. The van der Waals surface area contributed by atoms with Crippen LogP contribution in [0.2, 0.25) is 0 Å². The molecule has 302 valence electrons. The normalized spacial score (nSPS) is 11.3. The van der Waals surface area contributed by atoms with Gasteiger partial charge >= 0.3 is 5.97 Å². The fraction of sp³-hybridized carbons (Fsp3) is 0.919. The average molecular weight is 739 g/mol. The Labute approximate surface area is 308 Å². The van der Waals surface area contributed by atoms with Crippen molar-refractivity contribution in [3.63, 3.8) is 0 Å². The smallest absolute Gasteiger partial charge is 0.305 e. The van der Waals surface area contributed by atoms with Gasteiger partial charge < -0.3 is 61.6 Å². The number of esters is 1. The van der Waals surface area contributed by atoms with Crippen molar-refractivity contribution in [3.05, 3.63) is 0 Å². The maximum Gasteiger partial charge on any atom is 0.305 e. The number of hydrogen-bond donors (Lipinski definition) is 0. The van der Waals surface area contributed by atoms with Gasteiger partial charge in [0.15, 0.2) is 0 Å². The number of unbranched alkanes of at least 4 members (excludes halogenated alkanes) is 6. The van der Waals surface area contributed by atoms with Gasteiger partial charge in [-0.1, -0.05) is 51.4 Å². The zero-order chi connectivity index (χ0) is 36.8. The third kappa shape index (κ3) is 46.5. The molecule has 14 heteroatoms. The highest BCUT2D eigenvalue weighted by Crippen LogP contribution is 2.08. The van der Waals surface area contributed by atoms with Gasteiger partial charge in [0.05, 0.1) is 152 Å². The Bertz CT molecular complexity index is 709. The summed E-state index contributed by atoms with van der Waals surface area (Å²) in [6, 6.07) is 0. The Hall–Kier alpha value is -1.45. The number of terminal acetylenes is 1. The lowest BCUT2D eigenvalue weighted by Crippen LogP contribution is -2.15. The van der Waals surface area contributed by atoms with Crippen LogP contribution in [-0.2, 0) is 66.4 Å². The van der Waals surface area contributed by atoms with E-state index in [1.807, 2.05) is 0 Å². The molecule has 0 unspecified atom stereocenters. The van der Waals surface area contributed by atoms with Crippen LogP contribution in [0.5, 0.6) is 0 Å². The first kappa shape index (κ1) is 49.6. The van der Waals surface area contributed by atoms with E-state index in [4.69, 9.17) is 68.0 Å². The molecule has 0 aromatic heterocycles. The van der Waals surface area contributed by atoms with Gasteiger partial charge in [0, 0.05) is 6.42 Å². The molecular formula is C37H70O14. The molecule has 0 amide bonds. The van der Waals surface area contributed by atoms with E-state index in [0.717, 1.165) is 12.8 Å². The molecule has 0 aliphatic rings. The lowest BCUT2D eigenvalue weighted by molar-refractivity contribution is -0.145. The second-order valence-corrected chi connectivity index (χ2v) is 11.1. The highest BCUT2D eigenvalue weighted by atomic mass is 16.6. The number of ether oxygens (including phenoxy) is 13. The lowest BCUT2D eigenvalue weighted by Gasteiger charge is -2.09. The second kappa shape index (κ2) is 46.6. The predicted octanol–water partition coefficient (Wildman–Crippen LogP) is 3.50. The first-order chi connectivity index (χ1) is 25.3. The highest BCUT2D eigenvalue weighted by molar-refractivity contribution is 5.69. The molecule has 0 atom stereocenters. The van der Waals surface area contributed by atoms with Crippen LogP contribution < -0.4 is 0 Å². The maximum absolute atomic E-state index is 11.7. The van der Waals surface area contributed by atoms with E-state index < -0.39 is 0 Å². The largest absolute Gasteiger partial charge is 0.463 e. The molecular weight excluding hydrogens is 668 g/mol. The maximum atomic E-state index is 11.7. The van der Waals surface area contributed by atoms with Gasteiger partial charge in [-0.3, -0.25) is 4.79 Å². The van der Waals surface area contributed by atoms with Crippen LogP contribution in [0, 0.1) is 12.3 Å². The minimum Gasteiger partial charge on any atom is -0.463 e. The van der Waals surface area contributed by atoms with E-state index in [9.17, 15) is 4.79 Å². The molecule has 0 fully saturated rings. The molecule has 0 heterocycles. The molecule has 14 nitrogen and oxygen atoms in total. The standard InChI is InChI=1S/C37H70O14/c1-3-5-6-7-8-9-10-11-37(38)51-36-35-50-34-33-49-32-31-48-30-29-47-28-27-46-26-25-45-24-23-44-22-21-43-20-19-42-18-17-41-16-15-40-14-13-39-12-4-2/h2H,3,5-36H2,1H3. The van der Waals surface area contributed by atoms with E-state index >= 15 is 0 Å². The Balaban J connectivity index is 3.09. The van der Waals surface area contributed by atoms with Crippen molar-refractivity contribution < 1.29 is 66.4 Å². The van der Waals surface area contributed by atoms with Gasteiger partial charge in [0.2, 0.25) is 0 Å². The molecule has 0 radical (unpaired) electrons. The number of rotatable bonds is 45. The zero-order valence-corrected chi connectivity index (χ0v) is 31.6. The van der Waals surface area contributed by atoms with Crippen LogP contribution in [0.3, 0.4) is 0 Å². The molecule has 0 aromatic rings. The van der Waals surface area contributed by atoms with Crippen LogP contribution in [0.25, 0.3) is 0 Å². The molecule has 0 aliphatic heterocycles. The van der Waals surface area contributed by atoms with Gasteiger partial charge in [-0.2, -0.15) is 0 Å². The van der Waals surface area contributed by atoms with Crippen molar-refractivity contribution in [1.82, 2.24) is 0 Å². The zero-order valence-electron chi connectivity index (χ0n) is 31.6. The van der Waals surface area contributed by atoms with E-state index in [-0.39, 0.29) is 12.6 Å². The predicted molar refractivity (Wildman–Crippen MR) is 192 cm³/mol. The molecule has 0 N–H and O–H groups in total. The summed E-state index contributed by atoms with van der Waals surface area (Å²) in [5.74, 6) is 2.25. The van der Waals surface area contributed by atoms with Gasteiger partial charge in [-0.05, 0) is 6.42 Å². The minimum absolute atomic E-state index is 0.143. The molecule has 0 aromatic carbocycles. The Morgan fingerprint density at radius 1 is 0.373 bits per heavy atom. The first-order valence-electron chi connectivity index (χ1n) is 18.8. The first-order valence-corrected chi connectivity index (χ1v) is 18.8. The Morgan fingerprint density at radius 2 is 0.627 bits per heavy atom. The summed E-state index contributed by atoms with van der Waals surface area (Å²) < 4.78 is 70.3. The molecule has 51 heavy (non-hydrogen) atoms. The lowest BCUT2D eigenvalue weighted by atomic mass is 10.1. The minimum atomic E-state index is -0.143. The van der Waals surface area contributed by atoms with Crippen LogP contribution in [0.15, 0.2) is 0 Å². The Kier molecular flexibility index (Phi) is 45.2. The number of carbonyl (C=O) groups is 1. The van der Waals surface area contributed by atoms with Gasteiger partial charge in [0.25, 0.3) is 0 Å². The molecule has 0 aliphatic carbocycles. The fourth-order valence-corrected chi connectivity index (χ4v) is 4.06. The van der Waals surface area contributed by atoms with Crippen molar-refractivity contribution in [2.75, 3.05) is 165 Å². The van der Waals surface area contributed by atoms with Crippen molar-refractivity contribution in [1.29, 1.82) is 0 Å². The summed E-state index contributed by atoms with van der Waals surface area (Å²) in [4.78, 5) is 11.7. The van der Waals surface area contributed by atoms with Crippen molar-refractivity contribution >= 4 is 5.97 Å². The number of hydrogen-bond acceptors (Lipinski definition) is 14. The molecule has 0 bridgehead atoms. The van der Waals surface area contributed by atoms with E-state index in [0.29, 0.717) is 165 Å². The molecule has 0 spiro atoms. The van der Waals surface area contributed by atoms with Crippen LogP contribution >= 0.6 is 0 Å². The van der Waals surface area contributed by atoms with Crippen molar-refractivity contribution in [2.24, 2.45) is 0 Å². The summed E-state index contributed by atoms with van der Waals surface area (Å²) in [7, 11) is 0. The van der Waals surface area contributed by atoms with Crippen molar-refractivity contribution in [2.45, 2.75) is 58.3 Å². The third-order valence-electron chi connectivity index (χ3n) is 6.75. The highest BCUT2D eigenvalue weighted by Gasteiger charge is 2.03. The van der Waals surface area contributed by atoms with Crippen molar-refractivity contribution in [3.8, 4) is 12.3 Å². The summed E-state index contributed by atoms with van der Waals surface area (Å²) in [5, 5.41) is 0. The second-order valence-electron chi connectivity index (χ2n) is 11.1. The van der Waals surface area contributed by atoms with Crippen LogP contribution in [0.4, 0.5) is 0 Å². The van der Waals surface area contributed by atoms with E-state index in [1.165, 1.54) is 32.1 Å². The van der Waals surface area contributed by atoms with Crippen LogP contribution in [0.1, 0.15) is 58.3 Å². The average Bonchev–Trinajstić information content (AvgIpc) is 3.14. The van der Waals surface area contributed by atoms with Gasteiger partial charge in [-0.25, -0.2) is 0 Å².